The third-order valence-corrected chi connectivity index (χ3v) is 2.93. The molecule has 0 radical (unpaired) electrons. The lowest BCUT2D eigenvalue weighted by molar-refractivity contribution is -0.123. The van der Waals surface area contributed by atoms with E-state index in [0.717, 1.165) is 12.0 Å². The largest absolute Gasteiger partial charge is 0.483 e. The van der Waals surface area contributed by atoms with Crippen molar-refractivity contribution in [2.45, 2.75) is 13.3 Å². The third-order valence-electron chi connectivity index (χ3n) is 2.93. The van der Waals surface area contributed by atoms with Crippen LogP contribution in [-0.4, -0.2) is 23.4 Å². The van der Waals surface area contributed by atoms with Crippen LogP contribution in [0, 0.1) is 0 Å². The van der Waals surface area contributed by atoms with Crippen LogP contribution in [0.5, 0.6) is 5.75 Å². The van der Waals surface area contributed by atoms with Gasteiger partial charge < -0.3 is 4.74 Å². The summed E-state index contributed by atoms with van der Waals surface area (Å²) >= 11 is 0. The molecular formula is C16H17N3O3. The Balaban J connectivity index is 1.80. The Morgan fingerprint density at radius 2 is 1.86 bits per heavy atom. The van der Waals surface area contributed by atoms with Crippen molar-refractivity contribution in [2.24, 2.45) is 0 Å². The number of hydrogen-bond acceptors (Lipinski definition) is 4. The highest BCUT2D eigenvalue weighted by atomic mass is 16.5. The molecular weight excluding hydrogens is 282 g/mol. The van der Waals surface area contributed by atoms with Crippen LogP contribution in [0.15, 0.2) is 48.7 Å². The van der Waals surface area contributed by atoms with Crippen LogP contribution in [-0.2, 0) is 11.2 Å². The summed E-state index contributed by atoms with van der Waals surface area (Å²) in [5.41, 5.74) is 5.81. The Labute approximate surface area is 128 Å². The summed E-state index contributed by atoms with van der Waals surface area (Å²) in [5, 5.41) is 0. The fourth-order valence-corrected chi connectivity index (χ4v) is 1.80. The molecule has 2 rings (SSSR count). The molecule has 114 valence electrons. The Morgan fingerprint density at radius 3 is 2.59 bits per heavy atom. The zero-order valence-corrected chi connectivity index (χ0v) is 12.2. The molecule has 6 nitrogen and oxygen atoms in total. The van der Waals surface area contributed by atoms with E-state index in [1.807, 2.05) is 25.1 Å². The van der Waals surface area contributed by atoms with Crippen molar-refractivity contribution in [3.05, 3.63) is 59.9 Å². The molecule has 2 aromatic rings. The predicted octanol–water partition coefficient (Wildman–Crippen LogP) is 1.48. The molecule has 6 heteroatoms. The number of aryl methyl sites for hydroxylation is 1. The van der Waals surface area contributed by atoms with E-state index in [9.17, 15) is 9.59 Å². The van der Waals surface area contributed by atoms with Gasteiger partial charge in [0.1, 0.15) is 11.4 Å². The Bertz CT molecular complexity index is 644. The molecule has 2 amide bonds. The second-order valence-corrected chi connectivity index (χ2v) is 4.47. The fraction of sp³-hybridized carbons (Fsp3) is 0.188. The molecule has 0 spiro atoms. The third kappa shape index (κ3) is 4.31. The normalized spacial score (nSPS) is 9.86. The SMILES string of the molecule is CCc1ccccc1OCC(=O)NNC(=O)c1ccccn1. The van der Waals surface area contributed by atoms with E-state index in [2.05, 4.69) is 15.8 Å². The van der Waals surface area contributed by atoms with Crippen LogP contribution in [0.4, 0.5) is 0 Å². The van der Waals surface area contributed by atoms with Crippen molar-refractivity contribution >= 4 is 11.8 Å². The Hall–Kier alpha value is -2.89. The van der Waals surface area contributed by atoms with E-state index in [4.69, 9.17) is 4.74 Å². The first-order valence-corrected chi connectivity index (χ1v) is 6.91. The summed E-state index contributed by atoms with van der Waals surface area (Å²) in [5.74, 6) is -0.269. The van der Waals surface area contributed by atoms with E-state index < -0.39 is 11.8 Å². The number of ether oxygens (including phenoxy) is 1. The quantitative estimate of drug-likeness (QED) is 0.820. The van der Waals surface area contributed by atoms with Crippen LogP contribution >= 0.6 is 0 Å². The van der Waals surface area contributed by atoms with Crippen molar-refractivity contribution in [2.75, 3.05) is 6.61 Å². The highest BCUT2D eigenvalue weighted by Crippen LogP contribution is 2.17. The topological polar surface area (TPSA) is 80.3 Å². The number of carbonyl (C=O) groups is 2. The number of carbonyl (C=O) groups excluding carboxylic acids is 2. The van der Waals surface area contributed by atoms with Gasteiger partial charge >= 0.3 is 0 Å². The minimum absolute atomic E-state index is 0.181. The molecule has 0 saturated heterocycles. The standard InChI is InChI=1S/C16H17N3O3/c1-2-12-7-3-4-9-14(12)22-11-15(20)18-19-16(21)13-8-5-6-10-17-13/h3-10H,2,11H2,1H3,(H,18,20)(H,19,21). The zero-order valence-electron chi connectivity index (χ0n) is 12.2. The monoisotopic (exact) mass is 299 g/mol. The summed E-state index contributed by atoms with van der Waals surface area (Å²) in [6.45, 7) is 1.83. The van der Waals surface area contributed by atoms with Gasteiger partial charge in [-0.15, -0.1) is 0 Å². The maximum atomic E-state index is 11.7. The first-order valence-electron chi connectivity index (χ1n) is 6.91. The van der Waals surface area contributed by atoms with Gasteiger partial charge in [0.15, 0.2) is 6.61 Å². The number of benzene rings is 1. The average molecular weight is 299 g/mol. The van der Waals surface area contributed by atoms with E-state index in [-0.39, 0.29) is 12.3 Å². The molecule has 0 aliphatic heterocycles. The molecule has 0 atom stereocenters. The van der Waals surface area contributed by atoms with E-state index in [0.29, 0.717) is 5.75 Å². The lowest BCUT2D eigenvalue weighted by Gasteiger charge is -2.11. The smallest absolute Gasteiger partial charge is 0.288 e. The number of pyridine rings is 1. The van der Waals surface area contributed by atoms with E-state index in [1.54, 1.807) is 24.3 Å². The van der Waals surface area contributed by atoms with Crippen LogP contribution in [0.25, 0.3) is 0 Å². The molecule has 0 aliphatic carbocycles. The summed E-state index contributed by atoms with van der Waals surface area (Å²) in [4.78, 5) is 27.3. The second kappa shape index (κ2) is 7.78. The fourth-order valence-electron chi connectivity index (χ4n) is 1.80. The molecule has 0 bridgehead atoms. The maximum absolute atomic E-state index is 11.7. The minimum atomic E-state index is -0.483. The zero-order chi connectivity index (χ0) is 15.8. The summed E-state index contributed by atoms with van der Waals surface area (Å²) < 4.78 is 5.45. The van der Waals surface area contributed by atoms with Gasteiger partial charge in [0, 0.05) is 6.20 Å². The van der Waals surface area contributed by atoms with E-state index >= 15 is 0 Å². The van der Waals surface area contributed by atoms with Gasteiger partial charge in [-0.05, 0) is 30.2 Å². The summed E-state index contributed by atoms with van der Waals surface area (Å²) in [6, 6.07) is 12.4. The summed E-state index contributed by atoms with van der Waals surface area (Å²) in [6.07, 6.45) is 2.32. The predicted molar refractivity (Wildman–Crippen MR) is 81.2 cm³/mol. The molecule has 0 aliphatic rings. The van der Waals surface area contributed by atoms with Gasteiger partial charge in [0.25, 0.3) is 11.8 Å². The van der Waals surface area contributed by atoms with Gasteiger partial charge in [-0.2, -0.15) is 0 Å². The van der Waals surface area contributed by atoms with Crippen LogP contribution in [0.2, 0.25) is 0 Å². The number of amides is 2. The van der Waals surface area contributed by atoms with Crippen LogP contribution < -0.4 is 15.6 Å². The number of aromatic nitrogens is 1. The van der Waals surface area contributed by atoms with Gasteiger partial charge in [0.05, 0.1) is 0 Å². The first kappa shape index (κ1) is 15.5. The van der Waals surface area contributed by atoms with Crippen molar-refractivity contribution in [3.8, 4) is 5.75 Å². The van der Waals surface area contributed by atoms with E-state index in [1.165, 1.54) is 6.20 Å². The van der Waals surface area contributed by atoms with Gasteiger partial charge in [-0.25, -0.2) is 0 Å². The Kier molecular flexibility index (Phi) is 5.48. The maximum Gasteiger partial charge on any atom is 0.288 e. The van der Waals surface area contributed by atoms with Crippen molar-refractivity contribution in [1.29, 1.82) is 0 Å². The highest BCUT2D eigenvalue weighted by molar-refractivity contribution is 5.93. The van der Waals surface area contributed by atoms with Crippen LogP contribution in [0.1, 0.15) is 23.0 Å². The summed E-state index contributed by atoms with van der Waals surface area (Å²) in [7, 11) is 0. The van der Waals surface area contributed by atoms with Gasteiger partial charge in [-0.3, -0.25) is 25.4 Å². The highest BCUT2D eigenvalue weighted by Gasteiger charge is 2.09. The molecule has 0 unspecified atom stereocenters. The number of nitrogens with one attached hydrogen (secondary N) is 2. The van der Waals surface area contributed by atoms with Crippen LogP contribution in [0.3, 0.4) is 0 Å². The van der Waals surface area contributed by atoms with Gasteiger partial charge in [0.2, 0.25) is 0 Å². The first-order chi connectivity index (χ1) is 10.7. The number of hydrazine groups is 1. The number of para-hydroxylation sites is 1. The number of rotatable bonds is 5. The molecule has 0 fully saturated rings. The molecule has 1 heterocycles. The Morgan fingerprint density at radius 1 is 1.09 bits per heavy atom. The minimum Gasteiger partial charge on any atom is -0.483 e. The molecule has 1 aromatic carbocycles. The second-order valence-electron chi connectivity index (χ2n) is 4.47. The lowest BCUT2D eigenvalue weighted by Crippen LogP contribution is -2.44. The van der Waals surface area contributed by atoms with Crippen molar-refractivity contribution in [1.82, 2.24) is 15.8 Å². The van der Waals surface area contributed by atoms with Gasteiger partial charge in [-0.1, -0.05) is 31.2 Å². The van der Waals surface area contributed by atoms with Crippen molar-refractivity contribution in [3.63, 3.8) is 0 Å². The number of nitrogens with zero attached hydrogens (tertiary/aromatic N) is 1. The lowest BCUT2D eigenvalue weighted by atomic mass is 10.1. The molecule has 2 N–H and O–H groups in total. The molecule has 22 heavy (non-hydrogen) atoms. The average Bonchev–Trinajstić information content (AvgIpc) is 2.58. The molecule has 1 aromatic heterocycles. The van der Waals surface area contributed by atoms with Crippen molar-refractivity contribution < 1.29 is 14.3 Å². The molecule has 0 saturated carbocycles. The number of hydrogen-bond donors (Lipinski definition) is 2.